The molecule has 240 valence electrons. The maximum atomic E-state index is 12.5. The Bertz CT molecular complexity index is 895. The van der Waals surface area contributed by atoms with Gasteiger partial charge in [-0.2, -0.15) is 0 Å². The van der Waals surface area contributed by atoms with Gasteiger partial charge in [0.05, 0.1) is 0 Å². The van der Waals surface area contributed by atoms with Gasteiger partial charge >= 0.3 is 5.97 Å². The molecule has 1 atom stereocenters. The summed E-state index contributed by atoms with van der Waals surface area (Å²) in [6.07, 6.45) is 53.2. The molecule has 0 fully saturated rings. The van der Waals surface area contributed by atoms with E-state index in [2.05, 4.69) is 98.9 Å². The number of carbonyl (C=O) groups is 2. The fourth-order valence-corrected chi connectivity index (χ4v) is 4.38. The first-order valence-corrected chi connectivity index (χ1v) is 17.1. The zero-order valence-corrected chi connectivity index (χ0v) is 27.5. The van der Waals surface area contributed by atoms with Crippen LogP contribution in [0.1, 0.15) is 136 Å². The highest BCUT2D eigenvalue weighted by atomic mass is 16.4. The molecule has 0 aliphatic carbocycles. The van der Waals surface area contributed by atoms with Crippen molar-refractivity contribution < 1.29 is 14.7 Å². The molecular formula is C40H62O3. The van der Waals surface area contributed by atoms with E-state index in [4.69, 9.17) is 0 Å². The van der Waals surface area contributed by atoms with E-state index in [1.807, 2.05) is 12.2 Å². The van der Waals surface area contributed by atoms with Gasteiger partial charge in [0.25, 0.3) is 0 Å². The molecule has 0 amide bonds. The van der Waals surface area contributed by atoms with Crippen molar-refractivity contribution in [2.75, 3.05) is 0 Å². The zero-order valence-electron chi connectivity index (χ0n) is 27.5. The van der Waals surface area contributed by atoms with Crippen molar-refractivity contribution in [1.82, 2.24) is 0 Å². The molecule has 43 heavy (non-hydrogen) atoms. The first-order chi connectivity index (χ1) is 21.1. The number of allylic oxidation sites excluding steroid dienone is 16. The standard InChI is InChI=1S/C40H62O3/c1-3-5-7-9-11-13-15-17-19-21-23-25-27-29-31-33-35-37-39(41)38(40(42)43)36-34-32-30-28-26-24-22-20-18-16-14-12-10-8-6-4-2/h11-14,17-20,23-26,29-32,38H,3-10,15-16,21-22,27-28,33-37H2,1-2H3,(H,42,43). The van der Waals surface area contributed by atoms with E-state index in [9.17, 15) is 14.7 Å². The van der Waals surface area contributed by atoms with Crippen LogP contribution in [0.5, 0.6) is 0 Å². The number of aliphatic carboxylic acids is 1. The molecule has 0 rings (SSSR count). The number of carbonyl (C=O) groups excluding carboxylic acids is 1. The molecular weight excluding hydrogens is 528 g/mol. The van der Waals surface area contributed by atoms with Gasteiger partial charge in [-0.3, -0.25) is 9.59 Å². The van der Waals surface area contributed by atoms with Gasteiger partial charge in [0.2, 0.25) is 0 Å². The first-order valence-electron chi connectivity index (χ1n) is 17.1. The topological polar surface area (TPSA) is 54.4 Å². The molecule has 0 aliphatic heterocycles. The fourth-order valence-electron chi connectivity index (χ4n) is 4.38. The molecule has 0 spiro atoms. The summed E-state index contributed by atoms with van der Waals surface area (Å²) in [6.45, 7) is 4.46. The molecule has 0 aliphatic rings. The number of hydrogen-bond acceptors (Lipinski definition) is 2. The van der Waals surface area contributed by atoms with Gasteiger partial charge in [-0.05, 0) is 89.9 Å². The van der Waals surface area contributed by atoms with Gasteiger partial charge in [0.15, 0.2) is 0 Å². The molecule has 0 heterocycles. The molecule has 0 saturated heterocycles. The van der Waals surface area contributed by atoms with Crippen molar-refractivity contribution in [2.45, 2.75) is 136 Å². The summed E-state index contributed by atoms with van der Waals surface area (Å²) in [6, 6.07) is 0. The Labute approximate surface area is 265 Å². The van der Waals surface area contributed by atoms with Crippen molar-refractivity contribution in [1.29, 1.82) is 0 Å². The predicted molar refractivity (Wildman–Crippen MR) is 188 cm³/mol. The van der Waals surface area contributed by atoms with Gasteiger partial charge < -0.3 is 5.11 Å². The van der Waals surface area contributed by atoms with E-state index >= 15 is 0 Å². The van der Waals surface area contributed by atoms with Crippen LogP contribution in [-0.4, -0.2) is 16.9 Å². The Balaban J connectivity index is 3.94. The number of unbranched alkanes of at least 4 members (excludes halogenated alkanes) is 7. The minimum absolute atomic E-state index is 0.153. The summed E-state index contributed by atoms with van der Waals surface area (Å²) >= 11 is 0. The minimum Gasteiger partial charge on any atom is -0.481 e. The first kappa shape index (κ1) is 40.1. The molecule has 0 aromatic rings. The summed E-state index contributed by atoms with van der Waals surface area (Å²) in [5, 5.41) is 9.52. The second kappa shape index (κ2) is 33.6. The molecule has 3 heteroatoms. The van der Waals surface area contributed by atoms with Gasteiger partial charge in [0.1, 0.15) is 11.7 Å². The summed E-state index contributed by atoms with van der Waals surface area (Å²) < 4.78 is 0. The summed E-state index contributed by atoms with van der Waals surface area (Å²) in [5.74, 6) is -2.06. The van der Waals surface area contributed by atoms with Crippen LogP contribution >= 0.6 is 0 Å². The number of rotatable bonds is 29. The molecule has 0 aromatic heterocycles. The SMILES string of the molecule is CCCCCC=CCC=CCC=CCC=CCCCC(=O)C(CCC=CCC=CCC=CCC=CCCCCC)C(=O)O. The predicted octanol–water partition coefficient (Wildman–Crippen LogP) is 12.2. The van der Waals surface area contributed by atoms with Crippen molar-refractivity contribution >= 4 is 11.8 Å². The lowest BCUT2D eigenvalue weighted by Gasteiger charge is -2.09. The fraction of sp³-hybridized carbons (Fsp3) is 0.550. The van der Waals surface area contributed by atoms with E-state index in [0.29, 0.717) is 25.7 Å². The largest absolute Gasteiger partial charge is 0.481 e. The molecule has 0 bridgehead atoms. The highest BCUT2D eigenvalue weighted by Crippen LogP contribution is 2.14. The Kier molecular flexibility index (Phi) is 31.3. The number of hydrogen-bond donors (Lipinski definition) is 1. The normalized spacial score (nSPS) is 13.6. The zero-order chi connectivity index (χ0) is 31.5. The molecule has 0 saturated carbocycles. The molecule has 3 nitrogen and oxygen atoms in total. The highest BCUT2D eigenvalue weighted by Gasteiger charge is 2.24. The summed E-state index contributed by atoms with van der Waals surface area (Å²) in [7, 11) is 0. The minimum atomic E-state index is -1.00. The third-order valence-corrected chi connectivity index (χ3v) is 7.02. The Morgan fingerprint density at radius 2 is 0.791 bits per heavy atom. The number of carboxylic acid groups (broad SMARTS) is 1. The quantitative estimate of drug-likeness (QED) is 0.0535. The number of Topliss-reactive ketones (excluding diaryl/α,β-unsaturated/α-hetero) is 1. The smallest absolute Gasteiger partial charge is 0.314 e. The average molecular weight is 591 g/mol. The van der Waals surface area contributed by atoms with E-state index in [-0.39, 0.29) is 5.78 Å². The third kappa shape index (κ3) is 30.3. The Morgan fingerprint density at radius 1 is 0.465 bits per heavy atom. The van der Waals surface area contributed by atoms with E-state index in [1.165, 1.54) is 51.4 Å². The monoisotopic (exact) mass is 590 g/mol. The molecule has 1 N–H and O–H groups in total. The average Bonchev–Trinajstić information content (AvgIpc) is 3.00. The van der Waals surface area contributed by atoms with Crippen molar-refractivity contribution in [3.05, 3.63) is 97.2 Å². The summed E-state index contributed by atoms with van der Waals surface area (Å²) in [4.78, 5) is 24.1. The van der Waals surface area contributed by atoms with Crippen LogP contribution in [0.25, 0.3) is 0 Å². The number of carboxylic acids is 1. The van der Waals surface area contributed by atoms with Crippen LogP contribution in [0.2, 0.25) is 0 Å². The number of ketones is 1. The van der Waals surface area contributed by atoms with Crippen LogP contribution in [-0.2, 0) is 9.59 Å². The molecule has 1 unspecified atom stereocenters. The summed E-state index contributed by atoms with van der Waals surface area (Å²) in [5.41, 5.74) is 0. The van der Waals surface area contributed by atoms with E-state index in [0.717, 1.165) is 44.9 Å². The van der Waals surface area contributed by atoms with Gasteiger partial charge in [-0.25, -0.2) is 0 Å². The van der Waals surface area contributed by atoms with Crippen molar-refractivity contribution in [3.63, 3.8) is 0 Å². The van der Waals surface area contributed by atoms with Crippen LogP contribution in [0.15, 0.2) is 97.2 Å². The van der Waals surface area contributed by atoms with Crippen LogP contribution in [0, 0.1) is 5.92 Å². The Morgan fingerprint density at radius 3 is 1.14 bits per heavy atom. The second-order valence-corrected chi connectivity index (χ2v) is 11.0. The lowest BCUT2D eigenvalue weighted by Crippen LogP contribution is -2.23. The van der Waals surface area contributed by atoms with Crippen molar-refractivity contribution in [3.8, 4) is 0 Å². The highest BCUT2D eigenvalue weighted by molar-refractivity contribution is 5.98. The lowest BCUT2D eigenvalue weighted by molar-refractivity contribution is -0.146. The van der Waals surface area contributed by atoms with Crippen LogP contribution in [0.3, 0.4) is 0 Å². The molecule has 0 aromatic carbocycles. The van der Waals surface area contributed by atoms with Gasteiger partial charge in [0, 0.05) is 6.42 Å². The second-order valence-electron chi connectivity index (χ2n) is 11.0. The van der Waals surface area contributed by atoms with Gasteiger partial charge in [-0.15, -0.1) is 0 Å². The van der Waals surface area contributed by atoms with Crippen LogP contribution < -0.4 is 0 Å². The lowest BCUT2D eigenvalue weighted by atomic mass is 9.94. The van der Waals surface area contributed by atoms with E-state index < -0.39 is 11.9 Å². The van der Waals surface area contributed by atoms with E-state index in [1.54, 1.807) is 0 Å². The Hall–Kier alpha value is -2.94. The molecule has 0 radical (unpaired) electrons. The van der Waals surface area contributed by atoms with Crippen LogP contribution in [0.4, 0.5) is 0 Å². The third-order valence-electron chi connectivity index (χ3n) is 7.02. The van der Waals surface area contributed by atoms with Crippen molar-refractivity contribution in [2.24, 2.45) is 5.92 Å². The maximum absolute atomic E-state index is 12.5. The van der Waals surface area contributed by atoms with Gasteiger partial charge in [-0.1, -0.05) is 137 Å². The maximum Gasteiger partial charge on any atom is 0.314 e.